The van der Waals surface area contributed by atoms with E-state index in [-0.39, 0.29) is 24.4 Å². The van der Waals surface area contributed by atoms with E-state index in [1.54, 1.807) is 0 Å². The number of hydrogen-bond donors (Lipinski definition) is 0. The van der Waals surface area contributed by atoms with Crippen molar-refractivity contribution in [1.82, 2.24) is 0 Å². The van der Waals surface area contributed by atoms with E-state index < -0.39 is 41.2 Å². The fraction of sp³-hybridized carbons (Fsp3) is 0.476. The van der Waals surface area contributed by atoms with Gasteiger partial charge in [0.25, 0.3) is 0 Å². The first-order valence-electron chi connectivity index (χ1n) is 9.56. The van der Waals surface area contributed by atoms with Gasteiger partial charge in [0, 0.05) is 18.2 Å². The molecule has 0 radical (unpaired) electrons. The second-order valence-corrected chi connectivity index (χ2v) is 6.91. The Bertz CT molecular complexity index is 878. The largest absolute Gasteiger partial charge is 0.462 e. The molecule has 0 saturated heterocycles. The van der Waals surface area contributed by atoms with Gasteiger partial charge in [0.05, 0.1) is 18.8 Å². The smallest absolute Gasteiger partial charge is 0.460 e. The molecule has 0 fully saturated rings. The molecule has 5 nitrogen and oxygen atoms in total. The van der Waals surface area contributed by atoms with E-state index in [1.165, 1.54) is 6.92 Å². The lowest BCUT2D eigenvalue weighted by molar-refractivity contribution is -0.336. The van der Waals surface area contributed by atoms with Crippen LogP contribution in [0.5, 0.6) is 0 Å². The van der Waals surface area contributed by atoms with Crippen molar-refractivity contribution in [2.24, 2.45) is 4.99 Å². The molecular formula is C21H22F7NO4. The van der Waals surface area contributed by atoms with Gasteiger partial charge in [-0.05, 0) is 38.3 Å². The summed E-state index contributed by atoms with van der Waals surface area (Å²) in [4.78, 5) is 26.1. The lowest BCUT2D eigenvalue weighted by Gasteiger charge is -2.29. The van der Waals surface area contributed by atoms with E-state index in [9.17, 15) is 40.3 Å². The van der Waals surface area contributed by atoms with Gasteiger partial charge in [-0.2, -0.15) is 30.7 Å². The Labute approximate surface area is 185 Å². The molecule has 0 aliphatic rings. The number of aliphatic imine (C=N–C) groups is 1. The minimum absolute atomic E-state index is 0.00738. The van der Waals surface area contributed by atoms with Gasteiger partial charge in [0.1, 0.15) is 5.71 Å². The van der Waals surface area contributed by atoms with Crippen LogP contribution in [0.3, 0.4) is 0 Å². The van der Waals surface area contributed by atoms with Crippen LogP contribution in [0, 0.1) is 0 Å². The maximum Gasteiger partial charge on any atom is 0.460 e. The zero-order valence-corrected chi connectivity index (χ0v) is 17.8. The first kappa shape index (κ1) is 28.1. The topological polar surface area (TPSA) is 65.0 Å². The third kappa shape index (κ3) is 7.03. The van der Waals surface area contributed by atoms with Crippen molar-refractivity contribution in [3.63, 3.8) is 0 Å². The summed E-state index contributed by atoms with van der Waals surface area (Å²) in [5.74, 6) is -13.4. The van der Waals surface area contributed by atoms with Crippen molar-refractivity contribution in [1.29, 1.82) is 0 Å². The lowest BCUT2D eigenvalue weighted by Crippen LogP contribution is -2.56. The second-order valence-electron chi connectivity index (χ2n) is 6.91. The summed E-state index contributed by atoms with van der Waals surface area (Å²) < 4.78 is 102. The molecule has 1 aromatic rings. The molecule has 0 saturated carbocycles. The fourth-order valence-electron chi connectivity index (χ4n) is 2.46. The molecule has 0 unspecified atom stereocenters. The van der Waals surface area contributed by atoms with Gasteiger partial charge >= 0.3 is 30.0 Å². The van der Waals surface area contributed by atoms with Crippen molar-refractivity contribution in [3.8, 4) is 0 Å². The normalized spacial score (nSPS) is 12.9. The van der Waals surface area contributed by atoms with Crippen molar-refractivity contribution >= 4 is 17.7 Å². The van der Waals surface area contributed by atoms with Crippen LogP contribution in [0.2, 0.25) is 0 Å². The van der Waals surface area contributed by atoms with Crippen LogP contribution >= 0.6 is 0 Å². The SMILES string of the molecule is C=C(C)C(=O)OCCCCCOC(=O)c1ccc(C(=NC)C(F)(F)C(F)(F)C(F)(F)F)cc1. The Balaban J connectivity index is 2.67. The maximum absolute atomic E-state index is 14.0. The van der Waals surface area contributed by atoms with Gasteiger partial charge in [-0.3, -0.25) is 4.99 Å². The number of hydrogen-bond acceptors (Lipinski definition) is 5. The van der Waals surface area contributed by atoms with E-state index in [2.05, 4.69) is 11.6 Å². The molecule has 12 heteroatoms. The summed E-state index contributed by atoms with van der Waals surface area (Å²) in [5.41, 5.74) is -2.36. The molecule has 0 heterocycles. The lowest BCUT2D eigenvalue weighted by atomic mass is 9.98. The van der Waals surface area contributed by atoms with E-state index in [4.69, 9.17) is 9.47 Å². The Morgan fingerprint density at radius 3 is 1.82 bits per heavy atom. The van der Waals surface area contributed by atoms with E-state index in [1.807, 2.05) is 0 Å². The Hall–Kier alpha value is -2.92. The molecule has 0 spiro atoms. The number of halogens is 7. The van der Waals surface area contributed by atoms with E-state index >= 15 is 0 Å². The summed E-state index contributed by atoms with van der Waals surface area (Å²) in [6, 6.07) is 3.44. The molecule has 0 aliphatic carbocycles. The zero-order valence-electron chi connectivity index (χ0n) is 17.8. The highest BCUT2D eigenvalue weighted by molar-refractivity contribution is 6.06. The van der Waals surface area contributed by atoms with Crippen LogP contribution in [0.4, 0.5) is 30.7 Å². The average Bonchev–Trinajstić information content (AvgIpc) is 2.72. The molecule has 0 aromatic heterocycles. The highest BCUT2D eigenvalue weighted by atomic mass is 19.4. The van der Waals surface area contributed by atoms with Crippen molar-refractivity contribution in [2.45, 2.75) is 44.2 Å². The van der Waals surface area contributed by atoms with Crippen molar-refractivity contribution in [3.05, 3.63) is 47.5 Å². The standard InChI is InChI=1S/C21H22F7NO4/c1-13(2)17(30)32-11-5-4-6-12-33-18(31)15-9-7-14(8-10-15)16(29-3)19(22,23)20(24,25)21(26,27)28/h7-10H,1,4-6,11-12H2,2-3H3. The molecule has 1 rings (SSSR count). The number of carbonyl (C=O) groups is 2. The molecule has 1 aromatic carbocycles. The molecular weight excluding hydrogens is 463 g/mol. The van der Waals surface area contributed by atoms with Crippen LogP contribution in [-0.4, -0.2) is 55.9 Å². The number of rotatable bonds is 11. The van der Waals surface area contributed by atoms with Crippen LogP contribution in [0.25, 0.3) is 0 Å². The van der Waals surface area contributed by atoms with Crippen molar-refractivity contribution < 1.29 is 49.8 Å². The average molecular weight is 485 g/mol. The number of benzene rings is 1. The first-order chi connectivity index (χ1) is 15.2. The quantitative estimate of drug-likeness (QED) is 0.139. The third-order valence-corrected chi connectivity index (χ3v) is 4.27. The minimum Gasteiger partial charge on any atom is -0.462 e. The van der Waals surface area contributed by atoms with E-state index in [0.29, 0.717) is 26.3 Å². The van der Waals surface area contributed by atoms with Crippen molar-refractivity contribution in [2.75, 3.05) is 20.3 Å². The molecule has 33 heavy (non-hydrogen) atoms. The van der Waals surface area contributed by atoms with Crippen LogP contribution < -0.4 is 0 Å². The fourth-order valence-corrected chi connectivity index (χ4v) is 2.46. The molecule has 0 amide bonds. The Morgan fingerprint density at radius 2 is 1.36 bits per heavy atom. The monoisotopic (exact) mass is 485 g/mol. The minimum atomic E-state index is -6.50. The molecule has 184 valence electrons. The molecule has 0 N–H and O–H groups in total. The number of unbranched alkanes of at least 4 members (excludes halogenated alkanes) is 2. The predicted octanol–water partition coefficient (Wildman–Crippen LogP) is 5.38. The molecule has 0 aliphatic heterocycles. The number of nitrogens with zero attached hydrogens (tertiary/aromatic N) is 1. The van der Waals surface area contributed by atoms with Crippen LogP contribution in [0.15, 0.2) is 41.4 Å². The number of alkyl halides is 7. The van der Waals surface area contributed by atoms with Gasteiger partial charge in [0.2, 0.25) is 0 Å². The van der Waals surface area contributed by atoms with Gasteiger partial charge in [-0.25, -0.2) is 9.59 Å². The molecule has 0 atom stereocenters. The second kappa shape index (κ2) is 11.3. The summed E-state index contributed by atoms with van der Waals surface area (Å²) in [6.07, 6.45) is -4.99. The number of ether oxygens (including phenoxy) is 2. The number of esters is 2. The first-order valence-corrected chi connectivity index (χ1v) is 9.56. The summed E-state index contributed by atoms with van der Waals surface area (Å²) in [6.45, 7) is 5.10. The van der Waals surface area contributed by atoms with Gasteiger partial charge in [0.15, 0.2) is 0 Å². The Morgan fingerprint density at radius 1 is 0.879 bits per heavy atom. The van der Waals surface area contributed by atoms with Crippen LogP contribution in [-0.2, 0) is 14.3 Å². The maximum atomic E-state index is 14.0. The van der Waals surface area contributed by atoms with Gasteiger partial charge in [-0.15, -0.1) is 0 Å². The zero-order chi connectivity index (χ0) is 25.4. The summed E-state index contributed by atoms with van der Waals surface area (Å²) in [7, 11) is 0.650. The Kier molecular flexibility index (Phi) is 9.61. The summed E-state index contributed by atoms with van der Waals surface area (Å²) in [5, 5.41) is 0. The van der Waals surface area contributed by atoms with Gasteiger partial charge < -0.3 is 9.47 Å². The highest BCUT2D eigenvalue weighted by Gasteiger charge is 2.74. The summed E-state index contributed by atoms with van der Waals surface area (Å²) >= 11 is 0. The third-order valence-electron chi connectivity index (χ3n) is 4.27. The van der Waals surface area contributed by atoms with E-state index in [0.717, 1.165) is 24.3 Å². The van der Waals surface area contributed by atoms with Crippen LogP contribution in [0.1, 0.15) is 42.1 Å². The number of carbonyl (C=O) groups excluding carboxylic acids is 2. The van der Waals surface area contributed by atoms with Gasteiger partial charge in [-0.1, -0.05) is 18.7 Å². The predicted molar refractivity (Wildman–Crippen MR) is 105 cm³/mol. The highest BCUT2D eigenvalue weighted by Crippen LogP contribution is 2.48. The molecule has 0 bridgehead atoms.